The van der Waals surface area contributed by atoms with E-state index in [1.807, 2.05) is 0 Å². The summed E-state index contributed by atoms with van der Waals surface area (Å²) in [5.41, 5.74) is 0.516. The first-order valence-electron chi connectivity index (χ1n) is 5.65. The predicted octanol–water partition coefficient (Wildman–Crippen LogP) is 1.47. The lowest BCUT2D eigenvalue weighted by Gasteiger charge is -2.24. The second-order valence-electron chi connectivity index (χ2n) is 4.18. The van der Waals surface area contributed by atoms with Gasteiger partial charge in [0.25, 0.3) is 0 Å². The molecule has 0 aromatic heterocycles. The number of aliphatic hydroxyl groups is 1. The number of carbonyl (C=O) groups is 1. The zero-order chi connectivity index (χ0) is 13.7. The van der Waals surface area contributed by atoms with Gasteiger partial charge in [0.15, 0.2) is 5.78 Å². The molecular weight excluding hydrogens is 237 g/mol. The van der Waals surface area contributed by atoms with E-state index in [-0.39, 0.29) is 24.5 Å². The van der Waals surface area contributed by atoms with Crippen molar-refractivity contribution in [3.8, 4) is 0 Å². The van der Waals surface area contributed by atoms with E-state index in [1.165, 1.54) is 26.2 Å². The molecule has 0 amide bonds. The lowest BCUT2D eigenvalue weighted by atomic mass is 10.1. The molecule has 0 bridgehead atoms. The molecule has 1 atom stereocenters. The van der Waals surface area contributed by atoms with E-state index in [4.69, 9.17) is 4.74 Å². The van der Waals surface area contributed by atoms with Gasteiger partial charge in [0.05, 0.1) is 24.0 Å². The van der Waals surface area contributed by atoms with Crippen LogP contribution in [0.15, 0.2) is 18.2 Å². The van der Waals surface area contributed by atoms with Gasteiger partial charge in [0.1, 0.15) is 5.82 Å². The maximum absolute atomic E-state index is 13.6. The Morgan fingerprint density at radius 1 is 1.56 bits per heavy atom. The highest BCUT2D eigenvalue weighted by Crippen LogP contribution is 2.23. The van der Waals surface area contributed by atoms with Crippen molar-refractivity contribution in [2.45, 2.75) is 13.0 Å². The predicted molar refractivity (Wildman–Crippen MR) is 67.6 cm³/mol. The molecule has 5 heteroatoms. The maximum atomic E-state index is 13.6. The number of likely N-dealkylation sites (N-methyl/N-ethyl adjacent to an activating group) is 1. The molecule has 1 aromatic carbocycles. The average molecular weight is 255 g/mol. The molecule has 0 aliphatic carbocycles. The molecule has 1 N–H and O–H groups in total. The molecule has 100 valence electrons. The Kier molecular flexibility index (Phi) is 5.25. The zero-order valence-electron chi connectivity index (χ0n) is 10.8. The molecule has 0 radical (unpaired) electrons. The minimum absolute atomic E-state index is 0.0459. The van der Waals surface area contributed by atoms with Gasteiger partial charge in [0, 0.05) is 20.7 Å². The summed E-state index contributed by atoms with van der Waals surface area (Å²) in [6, 6.07) is 4.44. The van der Waals surface area contributed by atoms with Crippen LogP contribution in [0.1, 0.15) is 17.3 Å². The van der Waals surface area contributed by atoms with E-state index in [0.29, 0.717) is 5.69 Å². The number of ketones is 1. The minimum atomic E-state index is -0.692. The van der Waals surface area contributed by atoms with E-state index in [1.54, 1.807) is 18.0 Å². The van der Waals surface area contributed by atoms with Crippen molar-refractivity contribution in [3.63, 3.8) is 0 Å². The Morgan fingerprint density at radius 2 is 2.22 bits per heavy atom. The summed E-state index contributed by atoms with van der Waals surface area (Å²) in [5, 5.41) is 9.63. The quantitative estimate of drug-likeness (QED) is 0.782. The molecule has 1 aromatic rings. The van der Waals surface area contributed by atoms with Crippen molar-refractivity contribution in [3.05, 3.63) is 29.6 Å². The van der Waals surface area contributed by atoms with Gasteiger partial charge in [-0.3, -0.25) is 4.79 Å². The highest BCUT2D eigenvalue weighted by molar-refractivity contribution is 6.00. The molecular formula is C13H18FNO3. The third-order valence-corrected chi connectivity index (χ3v) is 2.60. The molecule has 1 unspecified atom stereocenters. The lowest BCUT2D eigenvalue weighted by molar-refractivity contribution is 0.0694. The highest BCUT2D eigenvalue weighted by atomic mass is 19.1. The van der Waals surface area contributed by atoms with Crippen molar-refractivity contribution in [1.29, 1.82) is 0 Å². The second-order valence-corrected chi connectivity index (χ2v) is 4.18. The first-order valence-corrected chi connectivity index (χ1v) is 5.65. The Hall–Kier alpha value is -1.46. The van der Waals surface area contributed by atoms with Crippen molar-refractivity contribution in [2.75, 3.05) is 32.2 Å². The molecule has 0 aliphatic rings. The van der Waals surface area contributed by atoms with Crippen LogP contribution in [0, 0.1) is 5.82 Å². The van der Waals surface area contributed by atoms with Crippen molar-refractivity contribution < 1.29 is 19.0 Å². The van der Waals surface area contributed by atoms with E-state index in [9.17, 15) is 14.3 Å². The summed E-state index contributed by atoms with van der Waals surface area (Å²) < 4.78 is 18.4. The fraction of sp³-hybridized carbons (Fsp3) is 0.462. The number of hydrogen-bond acceptors (Lipinski definition) is 4. The average Bonchev–Trinajstić information content (AvgIpc) is 2.28. The number of aliphatic hydroxyl groups excluding tert-OH is 1. The van der Waals surface area contributed by atoms with Gasteiger partial charge in [-0.1, -0.05) is 6.07 Å². The van der Waals surface area contributed by atoms with E-state index in [2.05, 4.69) is 0 Å². The van der Waals surface area contributed by atoms with Crippen molar-refractivity contribution >= 4 is 11.5 Å². The van der Waals surface area contributed by atoms with Crippen LogP contribution in [0.3, 0.4) is 0 Å². The molecule has 0 saturated heterocycles. The van der Waals surface area contributed by atoms with Crippen molar-refractivity contribution in [2.24, 2.45) is 0 Å². The number of halogens is 1. The van der Waals surface area contributed by atoms with Gasteiger partial charge in [-0.05, 0) is 19.1 Å². The molecule has 0 saturated carbocycles. The van der Waals surface area contributed by atoms with Gasteiger partial charge in [-0.25, -0.2) is 4.39 Å². The molecule has 0 spiro atoms. The number of anilines is 1. The number of ether oxygens (including phenoxy) is 1. The van der Waals surface area contributed by atoms with Crippen LogP contribution in [0.2, 0.25) is 0 Å². The third-order valence-electron chi connectivity index (χ3n) is 2.60. The van der Waals surface area contributed by atoms with Crippen LogP contribution in [0.25, 0.3) is 0 Å². The lowest BCUT2D eigenvalue weighted by Crippen LogP contribution is -2.32. The van der Waals surface area contributed by atoms with Crippen LogP contribution in [-0.4, -0.2) is 44.3 Å². The van der Waals surface area contributed by atoms with Crippen LogP contribution in [-0.2, 0) is 4.74 Å². The fourth-order valence-corrected chi connectivity index (χ4v) is 1.84. The monoisotopic (exact) mass is 255 g/mol. The Labute approximate surface area is 106 Å². The van der Waals surface area contributed by atoms with Crippen LogP contribution in [0.5, 0.6) is 0 Å². The first-order chi connectivity index (χ1) is 8.47. The van der Waals surface area contributed by atoms with Gasteiger partial charge in [0.2, 0.25) is 0 Å². The van der Waals surface area contributed by atoms with Gasteiger partial charge < -0.3 is 14.7 Å². The van der Waals surface area contributed by atoms with Crippen LogP contribution >= 0.6 is 0 Å². The second kappa shape index (κ2) is 6.47. The topological polar surface area (TPSA) is 49.8 Å². The minimum Gasteiger partial charge on any atom is -0.389 e. The largest absolute Gasteiger partial charge is 0.389 e. The number of carbonyl (C=O) groups excluding carboxylic acids is 1. The summed E-state index contributed by atoms with van der Waals surface area (Å²) in [6.45, 7) is 1.77. The van der Waals surface area contributed by atoms with Crippen LogP contribution in [0.4, 0.5) is 10.1 Å². The summed E-state index contributed by atoms with van der Waals surface area (Å²) in [7, 11) is 3.19. The number of methoxy groups -OCH3 is 1. The third kappa shape index (κ3) is 3.51. The van der Waals surface area contributed by atoms with Crippen LogP contribution < -0.4 is 4.90 Å². The fourth-order valence-electron chi connectivity index (χ4n) is 1.84. The van der Waals surface area contributed by atoms with Crippen molar-refractivity contribution in [1.82, 2.24) is 0 Å². The summed E-state index contributed by atoms with van der Waals surface area (Å²) in [6.07, 6.45) is -0.692. The normalized spacial score (nSPS) is 12.3. The molecule has 18 heavy (non-hydrogen) atoms. The number of rotatable bonds is 6. The standard InChI is InChI=1S/C13H18FNO3/c1-9(16)13-11(14)5-4-6-12(13)15(2)7-10(17)8-18-3/h4-6,10,17H,7-8H2,1-3H3. The Balaban J connectivity index is 2.95. The zero-order valence-corrected chi connectivity index (χ0v) is 10.8. The maximum Gasteiger partial charge on any atom is 0.164 e. The number of Topliss-reactive ketones (excluding diaryl/α,β-unsaturated/α-hetero) is 1. The number of nitrogens with zero attached hydrogens (tertiary/aromatic N) is 1. The summed E-state index contributed by atoms with van der Waals surface area (Å²) in [4.78, 5) is 13.1. The summed E-state index contributed by atoms with van der Waals surface area (Å²) >= 11 is 0. The molecule has 4 nitrogen and oxygen atoms in total. The smallest absolute Gasteiger partial charge is 0.164 e. The molecule has 0 fully saturated rings. The SMILES string of the molecule is COCC(O)CN(C)c1cccc(F)c1C(C)=O. The highest BCUT2D eigenvalue weighted by Gasteiger charge is 2.17. The number of benzene rings is 1. The number of hydrogen-bond donors (Lipinski definition) is 1. The Bertz CT molecular complexity index is 423. The van der Waals surface area contributed by atoms with Gasteiger partial charge in [-0.2, -0.15) is 0 Å². The van der Waals surface area contributed by atoms with Gasteiger partial charge >= 0.3 is 0 Å². The molecule has 1 rings (SSSR count). The van der Waals surface area contributed by atoms with Gasteiger partial charge in [-0.15, -0.1) is 0 Å². The van der Waals surface area contributed by atoms with E-state index in [0.717, 1.165) is 0 Å². The molecule has 0 aliphatic heterocycles. The van der Waals surface area contributed by atoms with E-state index < -0.39 is 11.9 Å². The van der Waals surface area contributed by atoms with E-state index >= 15 is 0 Å². The molecule has 0 heterocycles. The first kappa shape index (κ1) is 14.6. The Morgan fingerprint density at radius 3 is 2.78 bits per heavy atom. The summed E-state index contributed by atoms with van der Waals surface area (Å²) in [5.74, 6) is -0.885.